The van der Waals surface area contributed by atoms with Crippen LogP contribution in [0.1, 0.15) is 258 Å². The normalized spacial score (nSPS) is 22.4. The fourth-order valence-electron chi connectivity index (χ4n) is 9.75. The summed E-state index contributed by atoms with van der Waals surface area (Å²) in [7, 11) is 0. The number of rotatable bonds is 5. The van der Waals surface area contributed by atoms with Crippen molar-refractivity contribution >= 4 is 243 Å². The van der Waals surface area contributed by atoms with Crippen LogP contribution in [0.25, 0.3) is 0 Å². The Kier molecular flexibility index (Phi) is 105. The van der Waals surface area contributed by atoms with Gasteiger partial charge in [0.1, 0.15) is 22.6 Å². The molecule has 0 spiro atoms. The zero-order valence-electron chi connectivity index (χ0n) is 60.2. The van der Waals surface area contributed by atoms with Gasteiger partial charge >= 0.3 is 168 Å². The molecule has 0 aliphatic heterocycles. The van der Waals surface area contributed by atoms with Crippen LogP contribution in [-0.2, 0) is 70.0 Å². The Morgan fingerprint density at radius 2 is 0.747 bits per heavy atom. The largest absolute Gasteiger partial charge is 0.335 e. The van der Waals surface area contributed by atoms with Gasteiger partial charge in [-0.05, 0) is 237 Å². The van der Waals surface area contributed by atoms with Crippen molar-refractivity contribution in [2.24, 2.45) is 70.8 Å². The summed E-state index contributed by atoms with van der Waals surface area (Å²) in [6.45, 7) is 32.1. The Hall–Kier alpha value is 2.94. The van der Waals surface area contributed by atoms with Crippen molar-refractivity contribution in [3.63, 3.8) is 0 Å². The first-order chi connectivity index (χ1) is 45.3. The average Bonchev–Trinajstić information content (AvgIpc) is 1.11. The Morgan fingerprint density at radius 3 is 0.960 bits per heavy atom. The molecule has 0 saturated heterocycles. The van der Waals surface area contributed by atoms with E-state index in [9.17, 15) is 22.0 Å². The number of carbonyl (C=O) groups excluding carboxylic acids is 4. The molecule has 594 valence electrons. The maximum Gasteiger partial charge on any atom is 0.335 e. The maximum absolute atomic E-state index is 11.4. The summed E-state index contributed by atoms with van der Waals surface area (Å²) in [5.74, 6) is 8.86. The number of ether oxygens (including phenoxy) is 4. The van der Waals surface area contributed by atoms with Crippen molar-refractivity contribution in [3.05, 3.63) is 0 Å². The van der Waals surface area contributed by atoms with E-state index in [0.717, 1.165) is 118 Å². The number of Topliss-reactive ketones (excluding diaryl/α,β-unsaturated/α-hetero) is 1. The number of halogens is 12. The number of hydrogen-bond acceptors (Lipinski definition) is 20. The van der Waals surface area contributed by atoms with Gasteiger partial charge in [-0.25, -0.2) is 19.2 Å². The van der Waals surface area contributed by atoms with Crippen molar-refractivity contribution in [2.75, 3.05) is 19.6 Å². The molecule has 0 atom stereocenters. The Balaban J connectivity index is -0.000000112. The molecule has 0 bridgehead atoms. The summed E-state index contributed by atoms with van der Waals surface area (Å²) < 4.78 is 96.5. The molecule has 1 amide bonds. The van der Waals surface area contributed by atoms with E-state index < -0.39 is 87.8 Å². The number of nitrogens with zero attached hydrogens (tertiary/aromatic N) is 2. The molecule has 6 aliphatic rings. The van der Waals surface area contributed by atoms with Gasteiger partial charge in [-0.3, -0.25) is 4.79 Å². The minimum atomic E-state index is -1.82. The SMILES string of the molecule is CC(C)(C)OC(=O)OC(=O)OC(C)(C)C.CC1CCC(=O)CC1.CC1CCC(C#N)CC1.CC1CCC(C#N)CC1.CC1CCC(CN)CC1.CC1CCC(CNC(=O)OC(C)(C)C)CC1.CC1CCC(CNCl)CC1.Cl.FI(I)I.I.II.I[I-]I.O=S=O.O=S=O.O=S=O.O=S=O. The standard InChI is InChI=1S/C13H25NO2.C10H18O5.C8H16ClN.C8H17N.2C8H13N.C7H12O.ClH.FI3.I3.I2.HI.4O2S/c1-10-5-7-11(8-6-10)9-14-12(15)16-13(2,3)4;1-9(2,3)14-7(11)13-8(12)15-10(4,5)6;1-7-2-4-8(5-3-7)6-10-9;3*1-7-2-4-8(6-9)5-3-7;1-6-2-4-7(8)5-3-6;;1-4(2)3;1-3-2;1-2;;4*1-3-2/h10-11H,5-9H2,1-4H3,(H,14,15);1-6H3;7-8,10H,2-6H2,1H3;7-8H,2-6,9H2,1H3;2*7-8H,2-5H2,1H3;6H,2-5H2,1H3;1H;;;;1H;;;;/q;;;;;;;;;-1;;;;;;. The average molecular weight is 2550 g/mol. The van der Waals surface area contributed by atoms with E-state index in [2.05, 4.69) is 143 Å². The Morgan fingerprint density at radius 1 is 0.525 bits per heavy atom. The van der Waals surface area contributed by atoms with Gasteiger partial charge in [-0.15, -0.1) is 36.4 Å². The van der Waals surface area contributed by atoms with Crippen LogP contribution < -0.4 is 29.1 Å². The third-order valence-corrected chi connectivity index (χ3v) is 15.4. The summed E-state index contributed by atoms with van der Waals surface area (Å²) in [5.41, 5.74) is 3.76. The van der Waals surface area contributed by atoms with Gasteiger partial charge < -0.3 is 30.0 Å². The smallest absolute Gasteiger partial charge is 0.168 e. The van der Waals surface area contributed by atoms with E-state index >= 15 is 0 Å². The van der Waals surface area contributed by atoms with E-state index in [1.54, 1.807) is 41.5 Å². The van der Waals surface area contributed by atoms with Gasteiger partial charge in [0.05, 0.1) is 12.1 Å². The molecule has 0 aromatic rings. The number of nitrogens with one attached hydrogen (secondary N) is 2. The van der Waals surface area contributed by atoms with E-state index in [1.807, 2.05) is 58.0 Å². The third kappa shape index (κ3) is 107. The van der Waals surface area contributed by atoms with E-state index in [4.69, 9.17) is 75.9 Å². The first-order valence-corrected chi connectivity index (χ1v) is 67.4. The van der Waals surface area contributed by atoms with Crippen LogP contribution in [0, 0.1) is 87.8 Å². The Labute approximate surface area is 717 Å². The molecule has 6 saturated carbocycles. The number of carbonyl (C=O) groups is 4. The van der Waals surface area contributed by atoms with Gasteiger partial charge in [0.15, 0.2) is 0 Å². The van der Waals surface area contributed by atoms with Crippen molar-refractivity contribution in [1.29, 1.82) is 10.5 Å². The summed E-state index contributed by atoms with van der Waals surface area (Å²) in [5, 5.41) is 19.9. The Bertz CT molecular complexity index is 2040. The molecule has 6 rings (SSSR count). The molecule has 99 heavy (non-hydrogen) atoms. The molecule has 0 heterocycles. The van der Waals surface area contributed by atoms with E-state index in [1.165, 1.54) is 103 Å². The molecular weight excluding hydrogens is 2430 g/mol. The predicted octanol–water partition coefficient (Wildman–Crippen LogP) is 19.0. The zero-order valence-corrected chi connectivity index (χ0v) is 84.6. The molecular formula is C62H116Cl2FI9N5O16S4-. The molecule has 6 fully saturated rings. The number of alkyl carbamates (subject to hydrolysis) is 1. The number of hydrogen-bond donors (Lipinski definition) is 3. The quantitative estimate of drug-likeness (QED) is 0.0757. The molecule has 0 aromatic heterocycles. The molecule has 4 N–H and O–H groups in total. The summed E-state index contributed by atoms with van der Waals surface area (Å²) >= 11 is 13.8. The second-order valence-electron chi connectivity index (χ2n) is 27.2. The number of nitriles is 2. The third-order valence-electron chi connectivity index (χ3n) is 15.2. The van der Waals surface area contributed by atoms with Gasteiger partial charge in [0.25, 0.3) is 0 Å². The van der Waals surface area contributed by atoms with E-state index in [0.29, 0.717) is 36.8 Å². The van der Waals surface area contributed by atoms with Crippen LogP contribution in [0.2, 0.25) is 0 Å². The summed E-state index contributed by atoms with van der Waals surface area (Å²) in [4.78, 5) is 46.8. The van der Waals surface area contributed by atoms with Gasteiger partial charge in [-0.1, -0.05) is 80.1 Å². The molecule has 6 aliphatic carbocycles. The van der Waals surface area contributed by atoms with Crippen LogP contribution in [0.4, 0.5) is 17.2 Å². The fraction of sp³-hybridized carbons (Fsp3) is 0.903. The molecule has 0 unspecified atom stereocenters. The van der Waals surface area contributed by atoms with Gasteiger partial charge in [-0.2, -0.15) is 44.2 Å². The van der Waals surface area contributed by atoms with Gasteiger partial charge in [0.2, 0.25) is 0 Å². The monoisotopic (exact) mass is 2550 g/mol. The summed E-state index contributed by atoms with van der Waals surface area (Å²) in [6.07, 6.45) is 27.2. The summed E-state index contributed by atoms with van der Waals surface area (Å²) in [6, 6.07) is 4.65. The molecule has 21 nitrogen and oxygen atoms in total. The number of nitrogens with two attached hydrogens (primary N) is 1. The van der Waals surface area contributed by atoms with Crippen LogP contribution in [0.3, 0.4) is 0 Å². The minimum Gasteiger partial charge on any atom is -0.168 e. The maximum atomic E-state index is 11.4. The van der Waals surface area contributed by atoms with Crippen LogP contribution in [0.5, 0.6) is 0 Å². The topological polar surface area (TPSA) is 339 Å². The molecule has 0 aromatic carbocycles. The van der Waals surface area contributed by atoms with Crippen molar-refractivity contribution in [3.8, 4) is 12.1 Å². The van der Waals surface area contributed by atoms with Crippen LogP contribution in [-0.4, -0.2) is 94.3 Å². The second-order valence-corrected chi connectivity index (χ2v) is 65.3. The predicted molar refractivity (Wildman–Crippen MR) is 468 cm³/mol. The molecule has 0 radical (unpaired) electrons. The van der Waals surface area contributed by atoms with Crippen molar-refractivity contribution in [1.82, 2.24) is 10.2 Å². The minimum absolute atomic E-state index is 0. The second kappa shape index (κ2) is 85.0. The van der Waals surface area contributed by atoms with Gasteiger partial charge in [0, 0.05) is 75.0 Å². The van der Waals surface area contributed by atoms with Crippen molar-refractivity contribution < 1.29 is 87.9 Å². The zero-order chi connectivity index (χ0) is 77.0. The van der Waals surface area contributed by atoms with Crippen LogP contribution >= 0.6 is 172 Å². The van der Waals surface area contributed by atoms with Crippen LogP contribution in [0.15, 0.2) is 0 Å². The fourth-order valence-corrected chi connectivity index (χ4v) is 9.97. The van der Waals surface area contributed by atoms with E-state index in [-0.39, 0.29) is 42.5 Å². The number of ketones is 1. The van der Waals surface area contributed by atoms with Crippen molar-refractivity contribution in [2.45, 2.75) is 275 Å². The molecule has 37 heteroatoms. The number of amides is 1. The first kappa shape index (κ1) is 123. The first-order valence-electron chi connectivity index (χ1n) is 32.1.